The van der Waals surface area contributed by atoms with Crippen molar-refractivity contribution in [2.75, 3.05) is 0 Å². The zero-order valence-electron chi connectivity index (χ0n) is 9.95. The average molecular weight is 240 g/mol. The first-order valence-electron chi connectivity index (χ1n) is 5.77. The maximum Gasteiger partial charge on any atom is 0.237 e. The average Bonchev–Trinajstić information content (AvgIpc) is 2.73. The van der Waals surface area contributed by atoms with Gasteiger partial charge in [-0.05, 0) is 29.9 Å². The van der Waals surface area contributed by atoms with Gasteiger partial charge < -0.3 is 11.1 Å². The van der Waals surface area contributed by atoms with E-state index < -0.39 is 0 Å². The number of hydrogen-bond acceptors (Lipinski definition) is 3. The Kier molecular flexibility index (Phi) is 5.49. The van der Waals surface area contributed by atoms with Gasteiger partial charge in [-0.3, -0.25) is 4.79 Å². The van der Waals surface area contributed by atoms with Crippen LogP contribution in [0.5, 0.6) is 0 Å². The highest BCUT2D eigenvalue weighted by Crippen LogP contribution is 2.16. The lowest BCUT2D eigenvalue weighted by Gasteiger charge is -2.11. The first-order valence-corrected chi connectivity index (χ1v) is 6.65. The molecule has 0 saturated heterocycles. The van der Waals surface area contributed by atoms with Crippen LogP contribution in [-0.2, 0) is 17.8 Å². The molecule has 3 N–H and O–H groups in total. The Morgan fingerprint density at radius 2 is 2.31 bits per heavy atom. The van der Waals surface area contributed by atoms with Crippen LogP contribution in [0.3, 0.4) is 0 Å². The zero-order chi connectivity index (χ0) is 12.0. The second-order valence-corrected chi connectivity index (χ2v) is 4.84. The van der Waals surface area contributed by atoms with Crippen molar-refractivity contribution in [1.29, 1.82) is 0 Å². The molecule has 3 nitrogen and oxygen atoms in total. The summed E-state index contributed by atoms with van der Waals surface area (Å²) >= 11 is 1.69. The van der Waals surface area contributed by atoms with Gasteiger partial charge in [-0.1, -0.05) is 20.3 Å². The van der Waals surface area contributed by atoms with Gasteiger partial charge in [0.05, 0.1) is 12.6 Å². The Hall–Kier alpha value is -0.870. The third-order valence-electron chi connectivity index (χ3n) is 2.58. The number of aryl methyl sites for hydroxylation is 1. The van der Waals surface area contributed by atoms with E-state index in [1.807, 2.05) is 6.92 Å². The van der Waals surface area contributed by atoms with Crippen LogP contribution in [0.25, 0.3) is 0 Å². The Labute approximate surface area is 101 Å². The molecule has 1 atom stereocenters. The molecule has 1 rings (SSSR count). The molecule has 0 aliphatic carbocycles. The highest BCUT2D eigenvalue weighted by atomic mass is 32.1. The van der Waals surface area contributed by atoms with Crippen molar-refractivity contribution in [2.24, 2.45) is 5.73 Å². The molecule has 1 aromatic heterocycles. The van der Waals surface area contributed by atoms with Gasteiger partial charge in [0.25, 0.3) is 0 Å². The van der Waals surface area contributed by atoms with Crippen LogP contribution in [0.1, 0.15) is 37.1 Å². The fraction of sp³-hybridized carbons (Fsp3) is 0.583. The molecule has 0 aromatic carbocycles. The lowest BCUT2D eigenvalue weighted by atomic mass is 10.1. The summed E-state index contributed by atoms with van der Waals surface area (Å²) in [5.41, 5.74) is 7.04. The summed E-state index contributed by atoms with van der Waals surface area (Å²) in [6.45, 7) is 4.76. The maximum atomic E-state index is 11.6. The summed E-state index contributed by atoms with van der Waals surface area (Å²) in [6, 6.07) is 1.74. The molecule has 0 radical (unpaired) electrons. The molecule has 1 amide bonds. The van der Waals surface area contributed by atoms with Crippen molar-refractivity contribution in [2.45, 2.75) is 45.7 Å². The lowest BCUT2D eigenvalue weighted by molar-refractivity contribution is -0.122. The molecule has 90 valence electrons. The van der Waals surface area contributed by atoms with Crippen molar-refractivity contribution in [3.63, 3.8) is 0 Å². The van der Waals surface area contributed by atoms with E-state index in [1.54, 1.807) is 11.3 Å². The van der Waals surface area contributed by atoms with Crippen molar-refractivity contribution in [1.82, 2.24) is 5.32 Å². The van der Waals surface area contributed by atoms with Crippen LogP contribution >= 0.6 is 11.3 Å². The highest BCUT2D eigenvalue weighted by molar-refractivity contribution is 7.10. The van der Waals surface area contributed by atoms with Gasteiger partial charge in [-0.2, -0.15) is 0 Å². The molecule has 0 fully saturated rings. The van der Waals surface area contributed by atoms with Crippen LogP contribution in [0.4, 0.5) is 0 Å². The number of carbonyl (C=O) groups excluding carboxylic acids is 1. The summed E-state index contributed by atoms with van der Waals surface area (Å²) < 4.78 is 0. The largest absolute Gasteiger partial charge is 0.350 e. The summed E-state index contributed by atoms with van der Waals surface area (Å²) in [5, 5.41) is 4.95. The van der Waals surface area contributed by atoms with Crippen LogP contribution in [0.2, 0.25) is 0 Å². The zero-order valence-corrected chi connectivity index (χ0v) is 10.8. The molecule has 4 heteroatoms. The Morgan fingerprint density at radius 1 is 1.56 bits per heavy atom. The number of hydrogen-bond donors (Lipinski definition) is 2. The summed E-state index contributed by atoms with van der Waals surface area (Å²) in [6.07, 6.45) is 2.69. The Balaban J connectivity index is 2.42. The van der Waals surface area contributed by atoms with Crippen molar-refractivity contribution in [3.8, 4) is 0 Å². The number of rotatable bonds is 6. The fourth-order valence-corrected chi connectivity index (χ4v) is 2.49. The van der Waals surface area contributed by atoms with E-state index in [0.29, 0.717) is 6.54 Å². The van der Waals surface area contributed by atoms with E-state index in [2.05, 4.69) is 23.7 Å². The molecule has 0 aliphatic rings. The third-order valence-corrected chi connectivity index (χ3v) is 3.54. The Bertz CT molecular complexity index is 336. The first kappa shape index (κ1) is 13.2. The van der Waals surface area contributed by atoms with Crippen LogP contribution < -0.4 is 11.1 Å². The minimum Gasteiger partial charge on any atom is -0.350 e. The van der Waals surface area contributed by atoms with E-state index in [0.717, 1.165) is 19.3 Å². The fourth-order valence-electron chi connectivity index (χ4n) is 1.58. The number of nitrogens with two attached hydrogens (primary N) is 1. The number of amides is 1. The molecule has 0 unspecified atom stereocenters. The normalized spacial score (nSPS) is 12.4. The maximum absolute atomic E-state index is 11.6. The van der Waals surface area contributed by atoms with E-state index in [9.17, 15) is 4.79 Å². The topological polar surface area (TPSA) is 55.1 Å². The molecule has 0 saturated carbocycles. The molecule has 1 heterocycles. The lowest BCUT2D eigenvalue weighted by Crippen LogP contribution is -2.40. The van der Waals surface area contributed by atoms with E-state index in [1.165, 1.54) is 10.4 Å². The Morgan fingerprint density at radius 3 is 2.94 bits per heavy atom. The van der Waals surface area contributed by atoms with Crippen molar-refractivity contribution < 1.29 is 4.79 Å². The predicted octanol–water partition coefficient (Wildman–Crippen LogP) is 2.05. The summed E-state index contributed by atoms with van der Waals surface area (Å²) in [5.74, 6) is -0.0442. The number of nitrogens with one attached hydrogen (secondary N) is 1. The van der Waals surface area contributed by atoms with Gasteiger partial charge in [0.2, 0.25) is 5.91 Å². The minimum atomic E-state index is -0.366. The molecule has 1 aromatic rings. The predicted molar refractivity (Wildman–Crippen MR) is 68.4 cm³/mol. The van der Waals surface area contributed by atoms with Gasteiger partial charge in [0.15, 0.2) is 0 Å². The minimum absolute atomic E-state index is 0.0442. The van der Waals surface area contributed by atoms with E-state index in [-0.39, 0.29) is 11.9 Å². The van der Waals surface area contributed by atoms with Gasteiger partial charge in [0.1, 0.15) is 0 Å². The number of thiophene rings is 1. The molecule has 0 aliphatic heterocycles. The van der Waals surface area contributed by atoms with Gasteiger partial charge in [-0.25, -0.2) is 0 Å². The van der Waals surface area contributed by atoms with Gasteiger partial charge >= 0.3 is 0 Å². The summed E-state index contributed by atoms with van der Waals surface area (Å²) in [7, 11) is 0. The van der Waals surface area contributed by atoms with Crippen LogP contribution in [0.15, 0.2) is 11.4 Å². The van der Waals surface area contributed by atoms with Gasteiger partial charge in [-0.15, -0.1) is 11.3 Å². The SMILES string of the molecule is CCC[C@@H](N)C(=O)NCc1sccc1CC. The van der Waals surface area contributed by atoms with Gasteiger partial charge in [0, 0.05) is 4.88 Å². The van der Waals surface area contributed by atoms with Crippen molar-refractivity contribution >= 4 is 17.2 Å². The monoisotopic (exact) mass is 240 g/mol. The van der Waals surface area contributed by atoms with E-state index in [4.69, 9.17) is 5.73 Å². The second kappa shape index (κ2) is 6.66. The second-order valence-electron chi connectivity index (χ2n) is 3.84. The standard InChI is InChI=1S/C12H20N2OS/c1-3-5-10(13)12(15)14-8-11-9(4-2)6-7-16-11/h6-7,10H,3-5,8,13H2,1-2H3,(H,14,15)/t10-/m1/s1. The molecular formula is C12H20N2OS. The first-order chi connectivity index (χ1) is 7.69. The molecule has 16 heavy (non-hydrogen) atoms. The number of carbonyl (C=O) groups is 1. The van der Waals surface area contributed by atoms with E-state index >= 15 is 0 Å². The van der Waals surface area contributed by atoms with Crippen LogP contribution in [-0.4, -0.2) is 11.9 Å². The molecule has 0 bridgehead atoms. The highest BCUT2D eigenvalue weighted by Gasteiger charge is 2.12. The van der Waals surface area contributed by atoms with Crippen LogP contribution in [0, 0.1) is 0 Å². The van der Waals surface area contributed by atoms with Crippen molar-refractivity contribution in [3.05, 3.63) is 21.9 Å². The third kappa shape index (κ3) is 3.61. The smallest absolute Gasteiger partial charge is 0.237 e. The molecular weight excluding hydrogens is 220 g/mol. The quantitative estimate of drug-likeness (QED) is 0.799. The molecule has 0 spiro atoms. The summed E-state index contributed by atoms with van der Waals surface area (Å²) in [4.78, 5) is 12.8.